The lowest BCUT2D eigenvalue weighted by Crippen LogP contribution is -2.21. The number of nitrogens with two attached hydrogens (primary N) is 1. The number of hydrogen-bond donors (Lipinski definition) is 2. The maximum absolute atomic E-state index is 12.1. The summed E-state index contributed by atoms with van der Waals surface area (Å²) in [4.78, 5) is 32.7. The Labute approximate surface area is 173 Å². The van der Waals surface area contributed by atoms with Gasteiger partial charge < -0.3 is 20.5 Å². The Bertz CT molecular complexity index is 1110. The zero-order valence-corrected chi connectivity index (χ0v) is 17.4. The van der Waals surface area contributed by atoms with Crippen LogP contribution in [0.2, 0.25) is 0 Å². The molecule has 0 aliphatic carbocycles. The van der Waals surface area contributed by atoms with Gasteiger partial charge in [0.25, 0.3) is 11.7 Å². The van der Waals surface area contributed by atoms with Gasteiger partial charge in [-0.25, -0.2) is 4.98 Å². The second kappa shape index (κ2) is 8.76. The third-order valence-corrected chi connectivity index (χ3v) is 4.64. The standard InChI is InChI=1S/C20H24N6O4/c1-11-5-7-16(29-4)15(9-11)23-17(27)10-30-18(28)8-6-14-12(2)22-20-24-19(21)25-26(20)13(14)3/h5,7,9H,6,8,10H2,1-4H3,(H2,21,25)(H,23,27). The van der Waals surface area contributed by atoms with Crippen LogP contribution in [0.25, 0.3) is 5.78 Å². The second-order valence-corrected chi connectivity index (χ2v) is 6.86. The van der Waals surface area contributed by atoms with Gasteiger partial charge in [0.1, 0.15) is 5.75 Å². The number of carbonyl (C=O) groups excluding carboxylic acids is 2. The van der Waals surface area contributed by atoms with Crippen LogP contribution in [0, 0.1) is 20.8 Å². The van der Waals surface area contributed by atoms with Gasteiger partial charge in [0.05, 0.1) is 12.8 Å². The zero-order chi connectivity index (χ0) is 21.8. The third kappa shape index (κ3) is 4.65. The molecule has 0 saturated carbocycles. The zero-order valence-electron chi connectivity index (χ0n) is 17.4. The minimum Gasteiger partial charge on any atom is -0.495 e. The Kier molecular flexibility index (Phi) is 6.14. The molecule has 0 aliphatic rings. The summed E-state index contributed by atoms with van der Waals surface area (Å²) >= 11 is 0. The highest BCUT2D eigenvalue weighted by atomic mass is 16.5. The monoisotopic (exact) mass is 412 g/mol. The molecule has 0 bridgehead atoms. The molecule has 10 heteroatoms. The molecule has 0 spiro atoms. The SMILES string of the molecule is COc1ccc(C)cc1NC(=O)COC(=O)CCc1c(C)nc2nc(N)nn2c1C. The molecule has 10 nitrogen and oxygen atoms in total. The van der Waals surface area contributed by atoms with E-state index in [1.807, 2.05) is 26.8 Å². The lowest BCUT2D eigenvalue weighted by atomic mass is 10.1. The van der Waals surface area contributed by atoms with E-state index in [4.69, 9.17) is 15.2 Å². The Morgan fingerprint density at radius 1 is 1.20 bits per heavy atom. The first kappa shape index (κ1) is 21.0. The van der Waals surface area contributed by atoms with E-state index in [9.17, 15) is 9.59 Å². The first-order valence-corrected chi connectivity index (χ1v) is 9.37. The summed E-state index contributed by atoms with van der Waals surface area (Å²) < 4.78 is 11.9. The molecule has 1 amide bonds. The van der Waals surface area contributed by atoms with Crippen LogP contribution in [0.15, 0.2) is 18.2 Å². The van der Waals surface area contributed by atoms with E-state index in [2.05, 4.69) is 20.4 Å². The van der Waals surface area contributed by atoms with Crippen LogP contribution in [0.5, 0.6) is 5.75 Å². The summed E-state index contributed by atoms with van der Waals surface area (Å²) in [5, 5.41) is 6.79. The maximum Gasteiger partial charge on any atom is 0.306 e. The van der Waals surface area contributed by atoms with Crippen LogP contribution < -0.4 is 15.8 Å². The molecule has 3 rings (SSSR count). The van der Waals surface area contributed by atoms with Gasteiger partial charge in [0.15, 0.2) is 6.61 Å². The number of carbonyl (C=O) groups is 2. The molecule has 30 heavy (non-hydrogen) atoms. The second-order valence-electron chi connectivity index (χ2n) is 6.86. The molecular formula is C20H24N6O4. The average molecular weight is 412 g/mol. The summed E-state index contributed by atoms with van der Waals surface area (Å²) in [5.41, 5.74) is 9.52. The normalized spacial score (nSPS) is 10.8. The number of anilines is 2. The predicted molar refractivity (Wildman–Crippen MR) is 110 cm³/mol. The van der Waals surface area contributed by atoms with Crippen LogP contribution in [0.4, 0.5) is 11.6 Å². The van der Waals surface area contributed by atoms with Crippen molar-refractivity contribution in [2.24, 2.45) is 0 Å². The number of ether oxygens (including phenoxy) is 2. The van der Waals surface area contributed by atoms with E-state index >= 15 is 0 Å². The molecule has 2 heterocycles. The molecular weight excluding hydrogens is 388 g/mol. The van der Waals surface area contributed by atoms with Gasteiger partial charge in [-0.3, -0.25) is 9.59 Å². The summed E-state index contributed by atoms with van der Waals surface area (Å²) in [6.07, 6.45) is 0.493. The molecule has 0 unspecified atom stereocenters. The largest absolute Gasteiger partial charge is 0.495 e. The van der Waals surface area contributed by atoms with E-state index in [1.165, 1.54) is 7.11 Å². The van der Waals surface area contributed by atoms with Crippen molar-refractivity contribution in [3.8, 4) is 5.75 Å². The highest BCUT2D eigenvalue weighted by molar-refractivity contribution is 5.94. The van der Waals surface area contributed by atoms with E-state index < -0.39 is 11.9 Å². The number of methoxy groups -OCH3 is 1. The molecule has 3 aromatic rings. The number of aryl methyl sites for hydroxylation is 3. The number of nitrogens with one attached hydrogen (secondary N) is 1. The van der Waals surface area contributed by atoms with Crippen LogP contribution in [0.3, 0.4) is 0 Å². The molecule has 1 aromatic carbocycles. The van der Waals surface area contributed by atoms with Gasteiger partial charge in [-0.15, -0.1) is 5.10 Å². The average Bonchev–Trinajstić information content (AvgIpc) is 3.06. The number of benzene rings is 1. The summed E-state index contributed by atoms with van der Waals surface area (Å²) in [7, 11) is 1.52. The molecule has 0 atom stereocenters. The summed E-state index contributed by atoms with van der Waals surface area (Å²) in [6.45, 7) is 5.21. The Morgan fingerprint density at radius 2 is 1.97 bits per heavy atom. The highest BCUT2D eigenvalue weighted by Gasteiger charge is 2.15. The van der Waals surface area contributed by atoms with Gasteiger partial charge >= 0.3 is 5.97 Å². The number of rotatable bonds is 7. The number of aromatic nitrogens is 4. The summed E-state index contributed by atoms with van der Waals surface area (Å²) in [6, 6.07) is 5.41. The van der Waals surface area contributed by atoms with Crippen molar-refractivity contribution in [1.82, 2.24) is 19.6 Å². The Balaban J connectivity index is 1.56. The number of hydrogen-bond acceptors (Lipinski definition) is 8. The van der Waals surface area contributed by atoms with Crippen molar-refractivity contribution in [2.45, 2.75) is 33.6 Å². The number of esters is 1. The molecule has 158 valence electrons. The number of fused-ring (bicyclic) bond motifs is 1. The van der Waals surface area contributed by atoms with Crippen LogP contribution in [-0.2, 0) is 20.7 Å². The van der Waals surface area contributed by atoms with Crippen molar-refractivity contribution in [3.63, 3.8) is 0 Å². The Morgan fingerprint density at radius 3 is 2.70 bits per heavy atom. The van der Waals surface area contributed by atoms with Crippen LogP contribution >= 0.6 is 0 Å². The minimum atomic E-state index is -0.488. The molecule has 2 aromatic heterocycles. The van der Waals surface area contributed by atoms with Gasteiger partial charge in [-0.2, -0.15) is 9.50 Å². The maximum atomic E-state index is 12.1. The van der Waals surface area contributed by atoms with E-state index in [1.54, 1.807) is 16.6 Å². The van der Waals surface area contributed by atoms with Gasteiger partial charge in [-0.05, 0) is 50.5 Å². The van der Waals surface area contributed by atoms with Crippen molar-refractivity contribution in [3.05, 3.63) is 40.7 Å². The molecule has 0 aliphatic heterocycles. The lowest BCUT2D eigenvalue weighted by Gasteiger charge is -2.12. The fourth-order valence-electron chi connectivity index (χ4n) is 3.14. The van der Waals surface area contributed by atoms with Gasteiger partial charge in [0.2, 0.25) is 5.95 Å². The number of nitrogen functional groups attached to an aromatic ring is 1. The van der Waals surface area contributed by atoms with Crippen LogP contribution in [0.1, 0.15) is 28.9 Å². The quantitative estimate of drug-likeness (QED) is 0.561. The number of amides is 1. The molecule has 0 saturated heterocycles. The lowest BCUT2D eigenvalue weighted by molar-refractivity contribution is -0.147. The van der Waals surface area contributed by atoms with Crippen molar-refractivity contribution in [2.75, 3.05) is 24.8 Å². The first-order valence-electron chi connectivity index (χ1n) is 9.37. The van der Waals surface area contributed by atoms with Crippen molar-refractivity contribution in [1.29, 1.82) is 0 Å². The molecule has 0 radical (unpaired) electrons. The number of nitrogens with zero attached hydrogens (tertiary/aromatic N) is 4. The fraction of sp³-hybridized carbons (Fsp3) is 0.350. The van der Waals surface area contributed by atoms with Gasteiger partial charge in [-0.1, -0.05) is 6.07 Å². The first-order chi connectivity index (χ1) is 14.3. The predicted octanol–water partition coefficient (Wildman–Crippen LogP) is 1.75. The van der Waals surface area contributed by atoms with Crippen LogP contribution in [-0.4, -0.2) is 45.2 Å². The Hall–Kier alpha value is -3.69. The van der Waals surface area contributed by atoms with E-state index in [0.29, 0.717) is 23.6 Å². The topological polar surface area (TPSA) is 134 Å². The third-order valence-electron chi connectivity index (χ3n) is 4.64. The van der Waals surface area contributed by atoms with Crippen molar-refractivity contribution >= 4 is 29.3 Å². The minimum absolute atomic E-state index is 0.0973. The van der Waals surface area contributed by atoms with Crippen molar-refractivity contribution < 1.29 is 19.1 Å². The van der Waals surface area contributed by atoms with E-state index in [-0.39, 0.29) is 19.0 Å². The summed E-state index contributed by atoms with van der Waals surface area (Å²) in [5.74, 6) is 0.150. The van der Waals surface area contributed by atoms with E-state index in [0.717, 1.165) is 22.5 Å². The molecule has 0 fully saturated rings. The highest BCUT2D eigenvalue weighted by Crippen LogP contribution is 2.25. The van der Waals surface area contributed by atoms with Gasteiger partial charge in [0, 0.05) is 17.8 Å². The fourth-order valence-corrected chi connectivity index (χ4v) is 3.14. The molecule has 3 N–H and O–H groups in total. The smallest absolute Gasteiger partial charge is 0.306 e.